The molecule has 7 heteroatoms. The predicted molar refractivity (Wildman–Crippen MR) is 82.9 cm³/mol. The minimum atomic E-state index is -3.39. The van der Waals surface area contributed by atoms with E-state index in [1.165, 1.54) is 0 Å². The summed E-state index contributed by atoms with van der Waals surface area (Å²) in [5.74, 6) is 0.163. The maximum Gasteiger partial charge on any atom is 0.239 e. The molecule has 0 radical (unpaired) electrons. The summed E-state index contributed by atoms with van der Waals surface area (Å²) in [4.78, 5) is 11.8. The predicted octanol–water partition coefficient (Wildman–Crippen LogP) is 1.74. The van der Waals surface area contributed by atoms with Gasteiger partial charge in [-0.15, -0.1) is 0 Å². The van der Waals surface area contributed by atoms with Crippen LogP contribution in [0.5, 0.6) is 5.75 Å². The van der Waals surface area contributed by atoms with Crippen molar-refractivity contribution in [1.82, 2.24) is 4.72 Å². The van der Waals surface area contributed by atoms with Crippen molar-refractivity contribution < 1.29 is 17.9 Å². The minimum Gasteiger partial charge on any atom is -0.492 e. The number of hydrogen-bond donors (Lipinski definition) is 2. The lowest BCUT2D eigenvalue weighted by atomic mass is 10.3. The maximum absolute atomic E-state index is 11.8. The maximum atomic E-state index is 11.8. The molecule has 0 heterocycles. The van der Waals surface area contributed by atoms with Gasteiger partial charge in [0.2, 0.25) is 15.9 Å². The molecule has 2 N–H and O–H groups in total. The molecule has 0 aliphatic carbocycles. The van der Waals surface area contributed by atoms with Crippen LogP contribution in [0.3, 0.4) is 0 Å². The number of para-hydroxylation sites is 2. The van der Waals surface area contributed by atoms with Gasteiger partial charge in [0, 0.05) is 0 Å². The van der Waals surface area contributed by atoms with Crippen LogP contribution in [0.15, 0.2) is 24.3 Å². The van der Waals surface area contributed by atoms with Crippen LogP contribution in [0.1, 0.15) is 26.7 Å². The Morgan fingerprint density at radius 1 is 1.24 bits per heavy atom. The fourth-order valence-corrected chi connectivity index (χ4v) is 2.79. The molecule has 1 aromatic rings. The molecule has 0 aliphatic rings. The molecular formula is C14H22N2O4S. The molecule has 0 spiro atoms. The van der Waals surface area contributed by atoms with Crippen LogP contribution >= 0.6 is 0 Å². The summed E-state index contributed by atoms with van der Waals surface area (Å²) in [6.07, 6.45) is 1.36. The van der Waals surface area contributed by atoms with E-state index in [1.807, 2.05) is 13.8 Å². The van der Waals surface area contributed by atoms with Gasteiger partial charge in [-0.05, 0) is 25.5 Å². The van der Waals surface area contributed by atoms with E-state index in [0.29, 0.717) is 24.5 Å². The van der Waals surface area contributed by atoms with Crippen LogP contribution in [-0.2, 0) is 14.8 Å². The summed E-state index contributed by atoms with van der Waals surface area (Å²) in [5, 5.41) is 2.63. The largest absolute Gasteiger partial charge is 0.492 e. The number of unbranched alkanes of at least 4 members (excludes halogenated alkanes) is 1. The lowest BCUT2D eigenvalue weighted by Crippen LogP contribution is -2.34. The third-order valence-corrected chi connectivity index (χ3v) is 4.09. The molecule has 0 atom stereocenters. The van der Waals surface area contributed by atoms with Crippen molar-refractivity contribution in [2.45, 2.75) is 26.7 Å². The number of sulfonamides is 1. The molecule has 1 aromatic carbocycles. The highest BCUT2D eigenvalue weighted by molar-refractivity contribution is 7.89. The molecule has 21 heavy (non-hydrogen) atoms. The topological polar surface area (TPSA) is 84.5 Å². The Hall–Kier alpha value is -1.60. The number of benzene rings is 1. The van der Waals surface area contributed by atoms with Crippen molar-refractivity contribution in [3.8, 4) is 5.75 Å². The minimum absolute atomic E-state index is 0.0340. The zero-order valence-electron chi connectivity index (χ0n) is 12.4. The van der Waals surface area contributed by atoms with Crippen molar-refractivity contribution in [3.05, 3.63) is 24.3 Å². The summed E-state index contributed by atoms with van der Waals surface area (Å²) in [6.45, 7) is 3.95. The number of nitrogens with one attached hydrogen (secondary N) is 2. The molecule has 0 saturated carbocycles. The van der Waals surface area contributed by atoms with Crippen LogP contribution in [0.25, 0.3) is 0 Å². The van der Waals surface area contributed by atoms with Crippen LogP contribution in [0, 0.1) is 0 Å². The standard InChI is InChI=1S/C14H22N2O4S/c1-3-5-10-21(18,19)15-11-14(17)16-12-8-6-7-9-13(12)20-4-2/h6-9,15H,3-5,10-11H2,1-2H3,(H,16,17). The number of rotatable bonds is 9. The van der Waals surface area contributed by atoms with Gasteiger partial charge in [0.15, 0.2) is 0 Å². The van der Waals surface area contributed by atoms with E-state index in [2.05, 4.69) is 10.0 Å². The third kappa shape index (κ3) is 6.59. The molecular weight excluding hydrogens is 292 g/mol. The summed E-state index contributed by atoms with van der Waals surface area (Å²) < 4.78 is 30.9. The fraction of sp³-hybridized carbons (Fsp3) is 0.500. The van der Waals surface area contributed by atoms with Crippen molar-refractivity contribution in [2.24, 2.45) is 0 Å². The van der Waals surface area contributed by atoms with Gasteiger partial charge in [-0.1, -0.05) is 25.5 Å². The normalized spacial score (nSPS) is 11.1. The first-order valence-electron chi connectivity index (χ1n) is 6.97. The Balaban J connectivity index is 2.54. The van der Waals surface area contributed by atoms with Gasteiger partial charge < -0.3 is 10.1 Å². The second kappa shape index (κ2) is 8.63. The number of anilines is 1. The van der Waals surface area contributed by atoms with Gasteiger partial charge in [-0.3, -0.25) is 4.79 Å². The first kappa shape index (κ1) is 17.5. The van der Waals surface area contributed by atoms with Gasteiger partial charge >= 0.3 is 0 Å². The number of amides is 1. The van der Waals surface area contributed by atoms with Crippen LogP contribution in [0.2, 0.25) is 0 Å². The van der Waals surface area contributed by atoms with Crippen LogP contribution in [0.4, 0.5) is 5.69 Å². The van der Waals surface area contributed by atoms with Gasteiger partial charge in [0.1, 0.15) is 5.75 Å². The highest BCUT2D eigenvalue weighted by atomic mass is 32.2. The van der Waals surface area contributed by atoms with E-state index in [1.54, 1.807) is 24.3 Å². The van der Waals surface area contributed by atoms with Gasteiger partial charge in [0.05, 0.1) is 24.6 Å². The Morgan fingerprint density at radius 3 is 2.62 bits per heavy atom. The zero-order chi connectivity index (χ0) is 15.7. The van der Waals surface area contributed by atoms with Crippen molar-refractivity contribution >= 4 is 21.6 Å². The van der Waals surface area contributed by atoms with E-state index in [-0.39, 0.29) is 12.3 Å². The van der Waals surface area contributed by atoms with E-state index in [0.717, 1.165) is 6.42 Å². The Bertz CT molecular complexity index is 558. The Kier molecular flexibility index (Phi) is 7.18. The quantitative estimate of drug-likeness (QED) is 0.727. The molecule has 0 unspecified atom stereocenters. The first-order valence-corrected chi connectivity index (χ1v) is 8.62. The van der Waals surface area contributed by atoms with E-state index < -0.39 is 15.9 Å². The first-order chi connectivity index (χ1) is 9.98. The van der Waals surface area contributed by atoms with Crippen molar-refractivity contribution in [3.63, 3.8) is 0 Å². The summed E-state index contributed by atoms with van der Waals surface area (Å²) in [6, 6.07) is 7.01. The average molecular weight is 314 g/mol. The molecule has 0 bridgehead atoms. The Morgan fingerprint density at radius 2 is 1.95 bits per heavy atom. The summed E-state index contributed by atoms with van der Waals surface area (Å²) in [7, 11) is -3.39. The van der Waals surface area contributed by atoms with Crippen LogP contribution < -0.4 is 14.8 Å². The molecule has 0 fully saturated rings. The molecule has 0 saturated heterocycles. The van der Waals surface area contributed by atoms with E-state index in [9.17, 15) is 13.2 Å². The number of hydrogen-bond acceptors (Lipinski definition) is 4. The molecule has 0 aromatic heterocycles. The second-order valence-electron chi connectivity index (χ2n) is 4.47. The van der Waals surface area contributed by atoms with Crippen LogP contribution in [-0.4, -0.2) is 33.2 Å². The number of carbonyl (C=O) groups excluding carboxylic acids is 1. The monoisotopic (exact) mass is 314 g/mol. The SMILES string of the molecule is CCCCS(=O)(=O)NCC(=O)Nc1ccccc1OCC. The lowest BCUT2D eigenvalue weighted by molar-refractivity contribution is -0.115. The smallest absolute Gasteiger partial charge is 0.239 e. The molecule has 0 aliphatic heterocycles. The van der Waals surface area contributed by atoms with E-state index in [4.69, 9.17) is 4.74 Å². The van der Waals surface area contributed by atoms with Gasteiger partial charge in [-0.2, -0.15) is 0 Å². The van der Waals surface area contributed by atoms with Crippen molar-refractivity contribution in [2.75, 3.05) is 24.2 Å². The second-order valence-corrected chi connectivity index (χ2v) is 6.40. The van der Waals surface area contributed by atoms with E-state index >= 15 is 0 Å². The van der Waals surface area contributed by atoms with Gasteiger partial charge in [-0.25, -0.2) is 13.1 Å². The molecule has 118 valence electrons. The third-order valence-electron chi connectivity index (χ3n) is 2.68. The average Bonchev–Trinajstić information content (AvgIpc) is 2.46. The van der Waals surface area contributed by atoms with Crippen molar-refractivity contribution in [1.29, 1.82) is 0 Å². The number of ether oxygens (including phenoxy) is 1. The Labute approximate surface area is 125 Å². The molecule has 6 nitrogen and oxygen atoms in total. The summed E-state index contributed by atoms with van der Waals surface area (Å²) >= 11 is 0. The zero-order valence-corrected chi connectivity index (χ0v) is 13.2. The van der Waals surface area contributed by atoms with Gasteiger partial charge in [0.25, 0.3) is 0 Å². The highest BCUT2D eigenvalue weighted by Gasteiger charge is 2.13. The number of carbonyl (C=O) groups is 1. The highest BCUT2D eigenvalue weighted by Crippen LogP contribution is 2.23. The molecule has 1 rings (SSSR count). The summed E-state index contributed by atoms with van der Waals surface area (Å²) in [5.41, 5.74) is 0.525. The fourth-order valence-electron chi connectivity index (χ4n) is 1.63. The lowest BCUT2D eigenvalue weighted by Gasteiger charge is -2.11. The molecule has 1 amide bonds.